The molecule has 1 heterocycles. The minimum atomic E-state index is -0.104. The van der Waals surface area contributed by atoms with Crippen LogP contribution in [0.25, 0.3) is 0 Å². The van der Waals surface area contributed by atoms with Crippen LogP contribution in [0.5, 0.6) is 0 Å². The molecule has 15 heavy (non-hydrogen) atoms. The number of likely N-dealkylation sites (tertiary alicyclic amines) is 1. The molecule has 3 heteroatoms. The standard InChI is InChI=1S/C12H17NO2/c1-3-7-10(4-2)13-11(14)8-5-6-9-12(13)15/h1,10H,4-9H2,2H3. The Hall–Kier alpha value is -1.30. The maximum Gasteiger partial charge on any atom is 0.229 e. The lowest BCUT2D eigenvalue weighted by Gasteiger charge is -2.26. The summed E-state index contributed by atoms with van der Waals surface area (Å²) >= 11 is 0. The van der Waals surface area contributed by atoms with Crippen molar-refractivity contribution in [2.75, 3.05) is 0 Å². The van der Waals surface area contributed by atoms with E-state index >= 15 is 0 Å². The summed E-state index contributed by atoms with van der Waals surface area (Å²) in [6, 6.07) is -0.104. The molecule has 1 fully saturated rings. The van der Waals surface area contributed by atoms with E-state index in [2.05, 4.69) is 5.92 Å². The number of terminal acetylenes is 1. The van der Waals surface area contributed by atoms with E-state index in [0.717, 1.165) is 19.3 Å². The molecule has 1 atom stereocenters. The van der Waals surface area contributed by atoms with Crippen LogP contribution in [0.1, 0.15) is 45.4 Å². The second kappa shape index (κ2) is 5.55. The Morgan fingerprint density at radius 2 is 1.87 bits per heavy atom. The molecular weight excluding hydrogens is 190 g/mol. The molecule has 1 rings (SSSR count). The number of nitrogens with zero attached hydrogens (tertiary/aromatic N) is 1. The minimum absolute atomic E-state index is 0.0559. The van der Waals surface area contributed by atoms with Gasteiger partial charge in [0.05, 0.1) is 6.04 Å². The quantitative estimate of drug-likeness (QED) is 0.522. The Balaban J connectivity index is 2.81. The molecule has 82 valence electrons. The number of carbonyl (C=O) groups excluding carboxylic acids is 2. The molecule has 1 aliphatic heterocycles. The van der Waals surface area contributed by atoms with Crippen LogP contribution >= 0.6 is 0 Å². The largest absolute Gasteiger partial charge is 0.279 e. The van der Waals surface area contributed by atoms with E-state index < -0.39 is 0 Å². The van der Waals surface area contributed by atoms with Gasteiger partial charge in [-0.15, -0.1) is 12.3 Å². The van der Waals surface area contributed by atoms with Gasteiger partial charge < -0.3 is 0 Å². The maximum atomic E-state index is 11.7. The van der Waals surface area contributed by atoms with E-state index in [0.29, 0.717) is 19.3 Å². The maximum absolute atomic E-state index is 11.7. The molecule has 0 saturated carbocycles. The average molecular weight is 207 g/mol. The summed E-state index contributed by atoms with van der Waals surface area (Å²) < 4.78 is 0. The Morgan fingerprint density at radius 1 is 1.33 bits per heavy atom. The number of rotatable bonds is 3. The van der Waals surface area contributed by atoms with Crippen molar-refractivity contribution in [3.8, 4) is 12.3 Å². The predicted molar refractivity (Wildman–Crippen MR) is 57.9 cm³/mol. The van der Waals surface area contributed by atoms with E-state index in [1.807, 2.05) is 6.92 Å². The molecule has 0 aromatic carbocycles. The third kappa shape index (κ3) is 2.82. The van der Waals surface area contributed by atoms with Crippen molar-refractivity contribution in [3.05, 3.63) is 0 Å². The van der Waals surface area contributed by atoms with Crippen LogP contribution in [-0.4, -0.2) is 22.8 Å². The SMILES string of the molecule is C#CCC(CC)N1C(=O)CCCCC1=O. The summed E-state index contributed by atoms with van der Waals surface area (Å²) in [4.78, 5) is 24.9. The van der Waals surface area contributed by atoms with Crippen LogP contribution in [0.4, 0.5) is 0 Å². The van der Waals surface area contributed by atoms with Crippen molar-refractivity contribution >= 4 is 11.8 Å². The third-order valence-electron chi connectivity index (χ3n) is 2.76. The van der Waals surface area contributed by atoms with E-state index in [1.165, 1.54) is 4.90 Å². The molecule has 2 amide bonds. The smallest absolute Gasteiger partial charge is 0.229 e. The molecule has 1 unspecified atom stereocenters. The topological polar surface area (TPSA) is 37.4 Å². The third-order valence-corrected chi connectivity index (χ3v) is 2.76. The summed E-state index contributed by atoms with van der Waals surface area (Å²) in [6.07, 6.45) is 9.03. The van der Waals surface area contributed by atoms with Crippen molar-refractivity contribution < 1.29 is 9.59 Å². The van der Waals surface area contributed by atoms with Gasteiger partial charge in [-0.25, -0.2) is 0 Å². The van der Waals surface area contributed by atoms with Gasteiger partial charge in [0.2, 0.25) is 11.8 Å². The Labute approximate surface area is 90.8 Å². The van der Waals surface area contributed by atoms with E-state index in [-0.39, 0.29) is 17.9 Å². The summed E-state index contributed by atoms with van der Waals surface area (Å²) in [5.74, 6) is 2.42. The number of carbonyl (C=O) groups is 2. The van der Waals surface area contributed by atoms with Gasteiger partial charge >= 0.3 is 0 Å². The highest BCUT2D eigenvalue weighted by Gasteiger charge is 2.29. The minimum Gasteiger partial charge on any atom is -0.279 e. The van der Waals surface area contributed by atoms with Crippen LogP contribution in [0.15, 0.2) is 0 Å². The van der Waals surface area contributed by atoms with Crippen molar-refractivity contribution in [1.29, 1.82) is 0 Å². The van der Waals surface area contributed by atoms with Gasteiger partial charge in [-0.05, 0) is 19.3 Å². The number of imide groups is 1. The first-order chi connectivity index (χ1) is 7.20. The van der Waals surface area contributed by atoms with Gasteiger partial charge in [0.1, 0.15) is 0 Å². The van der Waals surface area contributed by atoms with Crippen molar-refractivity contribution in [3.63, 3.8) is 0 Å². The van der Waals surface area contributed by atoms with Crippen molar-refractivity contribution in [2.24, 2.45) is 0 Å². The molecule has 1 saturated heterocycles. The normalized spacial score (nSPS) is 19.6. The first-order valence-electron chi connectivity index (χ1n) is 5.49. The molecule has 0 bridgehead atoms. The van der Waals surface area contributed by atoms with Gasteiger partial charge in [-0.1, -0.05) is 6.92 Å². The second-order valence-electron chi connectivity index (χ2n) is 3.83. The summed E-state index contributed by atoms with van der Waals surface area (Å²) in [6.45, 7) is 1.95. The van der Waals surface area contributed by atoms with Crippen LogP contribution in [0, 0.1) is 12.3 Å². The highest BCUT2D eigenvalue weighted by molar-refractivity contribution is 5.96. The van der Waals surface area contributed by atoms with Gasteiger partial charge in [0.15, 0.2) is 0 Å². The van der Waals surface area contributed by atoms with Gasteiger partial charge in [0.25, 0.3) is 0 Å². The fourth-order valence-electron chi connectivity index (χ4n) is 1.89. The second-order valence-corrected chi connectivity index (χ2v) is 3.83. The average Bonchev–Trinajstić information content (AvgIpc) is 2.38. The number of hydrogen-bond acceptors (Lipinski definition) is 2. The van der Waals surface area contributed by atoms with Crippen molar-refractivity contribution in [2.45, 2.75) is 51.5 Å². The summed E-state index contributed by atoms with van der Waals surface area (Å²) in [7, 11) is 0. The zero-order valence-corrected chi connectivity index (χ0v) is 9.16. The molecule has 0 aliphatic carbocycles. The molecule has 3 nitrogen and oxygen atoms in total. The van der Waals surface area contributed by atoms with E-state index in [4.69, 9.17) is 6.42 Å². The zero-order chi connectivity index (χ0) is 11.3. The van der Waals surface area contributed by atoms with E-state index in [1.54, 1.807) is 0 Å². The van der Waals surface area contributed by atoms with Crippen LogP contribution in [0.2, 0.25) is 0 Å². The van der Waals surface area contributed by atoms with Crippen molar-refractivity contribution in [1.82, 2.24) is 4.90 Å². The first kappa shape index (κ1) is 11.8. The van der Waals surface area contributed by atoms with Gasteiger partial charge in [-0.3, -0.25) is 14.5 Å². The van der Waals surface area contributed by atoms with Crippen LogP contribution in [0.3, 0.4) is 0 Å². The highest BCUT2D eigenvalue weighted by Crippen LogP contribution is 2.18. The molecular formula is C12H17NO2. The molecule has 0 aromatic rings. The molecule has 0 spiro atoms. The van der Waals surface area contributed by atoms with E-state index in [9.17, 15) is 9.59 Å². The van der Waals surface area contributed by atoms with Crippen LogP contribution in [-0.2, 0) is 9.59 Å². The molecule has 0 aromatic heterocycles. The lowest BCUT2D eigenvalue weighted by molar-refractivity contribution is -0.146. The lowest BCUT2D eigenvalue weighted by Crippen LogP contribution is -2.43. The van der Waals surface area contributed by atoms with Crippen LogP contribution < -0.4 is 0 Å². The highest BCUT2D eigenvalue weighted by atomic mass is 16.2. The zero-order valence-electron chi connectivity index (χ0n) is 9.16. The first-order valence-corrected chi connectivity index (χ1v) is 5.49. The fourth-order valence-corrected chi connectivity index (χ4v) is 1.89. The molecule has 0 N–H and O–H groups in total. The Bertz CT molecular complexity index is 272. The Kier molecular flexibility index (Phi) is 4.36. The number of hydrogen-bond donors (Lipinski definition) is 0. The molecule has 1 aliphatic rings. The summed E-state index contributed by atoms with van der Waals surface area (Å²) in [5.41, 5.74) is 0. The monoisotopic (exact) mass is 207 g/mol. The van der Waals surface area contributed by atoms with Gasteiger partial charge in [-0.2, -0.15) is 0 Å². The summed E-state index contributed by atoms with van der Waals surface area (Å²) in [5, 5.41) is 0. The predicted octanol–water partition coefficient (Wildman–Crippen LogP) is 1.72. The number of amides is 2. The fraction of sp³-hybridized carbons (Fsp3) is 0.667. The molecule has 0 radical (unpaired) electrons. The Morgan fingerprint density at radius 3 is 2.27 bits per heavy atom. The van der Waals surface area contributed by atoms with Gasteiger partial charge in [0, 0.05) is 19.3 Å². The lowest BCUT2D eigenvalue weighted by atomic mass is 10.1.